The number of amides is 1. The van der Waals surface area contributed by atoms with E-state index in [1.165, 1.54) is 12.1 Å². The van der Waals surface area contributed by atoms with E-state index >= 15 is 0 Å². The fraction of sp³-hybridized carbons (Fsp3) is 0.533. The van der Waals surface area contributed by atoms with Crippen molar-refractivity contribution < 1.29 is 13.9 Å². The van der Waals surface area contributed by atoms with Gasteiger partial charge < -0.3 is 9.64 Å². The van der Waals surface area contributed by atoms with E-state index < -0.39 is 6.10 Å². The van der Waals surface area contributed by atoms with Gasteiger partial charge >= 0.3 is 0 Å². The van der Waals surface area contributed by atoms with Crippen LogP contribution in [0.2, 0.25) is 0 Å². The summed E-state index contributed by atoms with van der Waals surface area (Å²) < 4.78 is 18.5. The standard InChI is InChI=1S/C15H20FNO2/c1-11-6-8-17(9-7-11)15(18)12(2)19-14-5-3-4-13(16)10-14/h3-5,10-12H,6-9H2,1-2H3. The topological polar surface area (TPSA) is 29.5 Å². The van der Waals surface area contributed by atoms with Crippen LogP contribution in [0.1, 0.15) is 26.7 Å². The van der Waals surface area contributed by atoms with E-state index in [-0.39, 0.29) is 11.7 Å². The predicted molar refractivity (Wildman–Crippen MR) is 71.5 cm³/mol. The Hall–Kier alpha value is -1.58. The maximum atomic E-state index is 13.0. The molecule has 1 saturated heterocycles. The molecule has 0 aromatic heterocycles. The average Bonchev–Trinajstić information content (AvgIpc) is 2.39. The maximum absolute atomic E-state index is 13.0. The van der Waals surface area contributed by atoms with Gasteiger partial charge in [0.15, 0.2) is 6.10 Å². The van der Waals surface area contributed by atoms with Crippen molar-refractivity contribution in [3.63, 3.8) is 0 Å². The van der Waals surface area contributed by atoms with Crippen molar-refractivity contribution in [3.05, 3.63) is 30.1 Å². The molecule has 1 aromatic rings. The molecule has 1 fully saturated rings. The number of carbonyl (C=O) groups excluding carboxylic acids is 1. The number of likely N-dealkylation sites (tertiary alicyclic amines) is 1. The van der Waals surface area contributed by atoms with Gasteiger partial charge in [-0.1, -0.05) is 13.0 Å². The Kier molecular flexibility index (Phi) is 4.40. The molecule has 19 heavy (non-hydrogen) atoms. The predicted octanol–water partition coefficient (Wildman–Crippen LogP) is 2.85. The highest BCUT2D eigenvalue weighted by Crippen LogP contribution is 2.19. The highest BCUT2D eigenvalue weighted by Gasteiger charge is 2.25. The van der Waals surface area contributed by atoms with Crippen molar-refractivity contribution in [1.29, 1.82) is 0 Å². The number of halogens is 1. The molecule has 1 aromatic carbocycles. The molecule has 104 valence electrons. The zero-order valence-corrected chi connectivity index (χ0v) is 11.4. The molecular formula is C15H20FNO2. The molecule has 1 aliphatic rings. The number of hydrogen-bond donors (Lipinski definition) is 0. The summed E-state index contributed by atoms with van der Waals surface area (Å²) in [7, 11) is 0. The number of carbonyl (C=O) groups is 1. The van der Waals surface area contributed by atoms with Crippen LogP contribution in [0, 0.1) is 11.7 Å². The van der Waals surface area contributed by atoms with E-state index in [2.05, 4.69) is 6.92 Å². The van der Waals surface area contributed by atoms with Crippen molar-refractivity contribution in [1.82, 2.24) is 4.90 Å². The van der Waals surface area contributed by atoms with Crippen LogP contribution >= 0.6 is 0 Å². The Balaban J connectivity index is 1.92. The second-order valence-corrected chi connectivity index (χ2v) is 5.23. The van der Waals surface area contributed by atoms with Crippen molar-refractivity contribution >= 4 is 5.91 Å². The van der Waals surface area contributed by atoms with Crippen LogP contribution in [0.15, 0.2) is 24.3 Å². The van der Waals surface area contributed by atoms with E-state index in [0.29, 0.717) is 11.7 Å². The summed E-state index contributed by atoms with van der Waals surface area (Å²) in [6.07, 6.45) is 1.51. The number of ether oxygens (including phenoxy) is 1. The van der Waals surface area contributed by atoms with Crippen LogP contribution in [0.25, 0.3) is 0 Å². The Labute approximate surface area is 113 Å². The van der Waals surface area contributed by atoms with Gasteiger partial charge in [0.05, 0.1) is 0 Å². The van der Waals surface area contributed by atoms with E-state index in [0.717, 1.165) is 25.9 Å². The van der Waals surface area contributed by atoms with Crippen LogP contribution in [-0.2, 0) is 4.79 Å². The first-order chi connectivity index (χ1) is 9.06. The van der Waals surface area contributed by atoms with Gasteiger partial charge in [-0.05, 0) is 37.8 Å². The highest BCUT2D eigenvalue weighted by atomic mass is 19.1. The van der Waals surface area contributed by atoms with Crippen LogP contribution < -0.4 is 4.74 Å². The zero-order chi connectivity index (χ0) is 13.8. The largest absolute Gasteiger partial charge is 0.481 e. The van der Waals surface area contributed by atoms with E-state index in [4.69, 9.17) is 4.74 Å². The molecule has 3 nitrogen and oxygen atoms in total. The summed E-state index contributed by atoms with van der Waals surface area (Å²) in [6.45, 7) is 5.49. The molecule has 4 heteroatoms. The molecule has 0 saturated carbocycles. The minimum absolute atomic E-state index is 0.0174. The lowest BCUT2D eigenvalue weighted by Crippen LogP contribution is -2.44. The van der Waals surface area contributed by atoms with Gasteiger partial charge in [0.2, 0.25) is 0 Å². The summed E-state index contributed by atoms with van der Waals surface area (Å²) in [6, 6.07) is 5.88. The van der Waals surface area contributed by atoms with Gasteiger partial charge in [0, 0.05) is 19.2 Å². The van der Waals surface area contributed by atoms with E-state index in [1.54, 1.807) is 19.1 Å². The van der Waals surface area contributed by atoms with Crippen molar-refractivity contribution in [2.24, 2.45) is 5.92 Å². The first-order valence-electron chi connectivity index (χ1n) is 6.77. The first kappa shape index (κ1) is 13.8. The minimum atomic E-state index is -0.574. The third kappa shape index (κ3) is 3.69. The number of hydrogen-bond acceptors (Lipinski definition) is 2. The minimum Gasteiger partial charge on any atom is -0.481 e. The SMILES string of the molecule is CC1CCN(C(=O)C(C)Oc2cccc(F)c2)CC1. The monoisotopic (exact) mass is 265 g/mol. The van der Waals surface area contributed by atoms with Crippen molar-refractivity contribution in [3.8, 4) is 5.75 Å². The average molecular weight is 265 g/mol. The lowest BCUT2D eigenvalue weighted by molar-refractivity contribution is -0.139. The number of piperidine rings is 1. The lowest BCUT2D eigenvalue weighted by atomic mass is 9.99. The molecule has 0 aliphatic carbocycles. The van der Waals surface area contributed by atoms with Gasteiger partial charge in [-0.3, -0.25) is 4.79 Å². The molecule has 0 radical (unpaired) electrons. The Bertz CT molecular complexity index is 442. The fourth-order valence-corrected chi connectivity index (χ4v) is 2.28. The van der Waals surface area contributed by atoms with Crippen molar-refractivity contribution in [2.45, 2.75) is 32.8 Å². The molecule has 1 amide bonds. The number of benzene rings is 1. The number of nitrogens with zero attached hydrogens (tertiary/aromatic N) is 1. The first-order valence-corrected chi connectivity index (χ1v) is 6.77. The summed E-state index contributed by atoms with van der Waals surface area (Å²) in [5.74, 6) is 0.704. The van der Waals surface area contributed by atoms with Crippen LogP contribution in [0.3, 0.4) is 0 Å². The molecule has 1 atom stereocenters. The maximum Gasteiger partial charge on any atom is 0.263 e. The molecule has 1 heterocycles. The molecule has 0 bridgehead atoms. The summed E-state index contributed by atoms with van der Waals surface area (Å²) in [5, 5.41) is 0. The molecule has 1 aliphatic heterocycles. The molecule has 1 unspecified atom stereocenters. The molecule has 0 spiro atoms. The molecule has 2 rings (SSSR count). The van der Waals surface area contributed by atoms with Crippen LogP contribution in [0.4, 0.5) is 4.39 Å². The van der Waals surface area contributed by atoms with Gasteiger partial charge in [0.1, 0.15) is 11.6 Å². The van der Waals surface area contributed by atoms with Gasteiger partial charge in [-0.15, -0.1) is 0 Å². The Morgan fingerprint density at radius 2 is 2.11 bits per heavy atom. The highest BCUT2D eigenvalue weighted by molar-refractivity contribution is 5.81. The van der Waals surface area contributed by atoms with E-state index in [1.807, 2.05) is 4.90 Å². The smallest absolute Gasteiger partial charge is 0.263 e. The number of rotatable bonds is 3. The van der Waals surface area contributed by atoms with E-state index in [9.17, 15) is 9.18 Å². The second kappa shape index (κ2) is 6.04. The van der Waals surface area contributed by atoms with Crippen molar-refractivity contribution in [2.75, 3.05) is 13.1 Å². The Morgan fingerprint density at radius 3 is 2.74 bits per heavy atom. The lowest BCUT2D eigenvalue weighted by Gasteiger charge is -2.32. The molecular weight excluding hydrogens is 245 g/mol. The summed E-state index contributed by atoms with van der Waals surface area (Å²) >= 11 is 0. The van der Waals surface area contributed by atoms with Crippen LogP contribution in [-0.4, -0.2) is 30.0 Å². The molecule has 0 N–H and O–H groups in total. The third-order valence-corrected chi connectivity index (χ3v) is 3.55. The Morgan fingerprint density at radius 1 is 1.42 bits per heavy atom. The van der Waals surface area contributed by atoms with Gasteiger partial charge in [-0.2, -0.15) is 0 Å². The summed E-state index contributed by atoms with van der Waals surface area (Å²) in [5.41, 5.74) is 0. The summed E-state index contributed by atoms with van der Waals surface area (Å²) in [4.78, 5) is 14.0. The third-order valence-electron chi connectivity index (χ3n) is 3.55. The van der Waals surface area contributed by atoms with Gasteiger partial charge in [-0.25, -0.2) is 4.39 Å². The quantitative estimate of drug-likeness (QED) is 0.841. The van der Waals surface area contributed by atoms with Gasteiger partial charge in [0.25, 0.3) is 5.91 Å². The zero-order valence-electron chi connectivity index (χ0n) is 11.4. The fourth-order valence-electron chi connectivity index (χ4n) is 2.28. The van der Waals surface area contributed by atoms with Crippen LogP contribution in [0.5, 0.6) is 5.75 Å². The normalized spacial score (nSPS) is 18.2. The second-order valence-electron chi connectivity index (χ2n) is 5.23.